The number of rotatable bonds is 1. The summed E-state index contributed by atoms with van der Waals surface area (Å²) in [5, 5.41) is 9.27. The van der Waals surface area contributed by atoms with E-state index < -0.39 is 0 Å². The molecule has 0 radical (unpaired) electrons. The normalized spacial score (nSPS) is 10.6. The van der Waals surface area contributed by atoms with Gasteiger partial charge in [-0.3, -0.25) is 4.57 Å². The summed E-state index contributed by atoms with van der Waals surface area (Å²) in [6.45, 7) is 1.95. The van der Waals surface area contributed by atoms with Gasteiger partial charge in [0.1, 0.15) is 11.9 Å². The summed E-state index contributed by atoms with van der Waals surface area (Å²) in [7, 11) is 0. The molecule has 1 heterocycles. The van der Waals surface area contributed by atoms with Crippen LogP contribution in [0.3, 0.4) is 0 Å². The zero-order chi connectivity index (χ0) is 13.4. The van der Waals surface area contributed by atoms with E-state index in [0.29, 0.717) is 5.56 Å². The number of hydrogen-bond acceptors (Lipinski definition) is 2. The minimum atomic E-state index is 0.634. The average Bonchev–Trinajstić information content (AvgIpc) is 2.74. The Labute approximate surface area is 119 Å². The number of aromatic nitrogens is 2. The van der Waals surface area contributed by atoms with Crippen LogP contribution in [0.25, 0.3) is 16.7 Å². The molecule has 0 N–H and O–H groups in total. The third-order valence-corrected chi connectivity index (χ3v) is 3.54. The second-order valence-electron chi connectivity index (χ2n) is 4.26. The van der Waals surface area contributed by atoms with Gasteiger partial charge in [-0.2, -0.15) is 5.26 Å². The first-order valence-corrected chi connectivity index (χ1v) is 6.64. The Kier molecular flexibility index (Phi) is 2.84. The predicted octanol–water partition coefficient (Wildman–Crippen LogP) is 3.97. The van der Waals surface area contributed by atoms with Crippen LogP contribution in [0.2, 0.25) is 0 Å². The fourth-order valence-corrected chi connectivity index (χ4v) is 2.58. The summed E-state index contributed by atoms with van der Waals surface area (Å²) < 4.78 is 2.96. The first-order chi connectivity index (χ1) is 9.20. The molecule has 92 valence electrons. The molecular weight excluding hydrogens is 302 g/mol. The molecule has 0 atom stereocenters. The van der Waals surface area contributed by atoms with Gasteiger partial charge in [-0.1, -0.05) is 28.1 Å². The molecular formula is C15H10BrN3. The number of benzene rings is 2. The summed E-state index contributed by atoms with van der Waals surface area (Å²) in [5.74, 6) is 0.871. The van der Waals surface area contributed by atoms with Crippen LogP contribution >= 0.6 is 15.9 Å². The van der Waals surface area contributed by atoms with Crippen molar-refractivity contribution in [3.05, 3.63) is 58.3 Å². The monoisotopic (exact) mass is 311 g/mol. The zero-order valence-corrected chi connectivity index (χ0v) is 11.8. The lowest BCUT2D eigenvalue weighted by Gasteiger charge is -2.09. The Bertz CT molecular complexity index is 812. The van der Waals surface area contributed by atoms with Crippen molar-refractivity contribution >= 4 is 27.0 Å². The predicted molar refractivity (Wildman–Crippen MR) is 78.2 cm³/mol. The molecule has 0 aliphatic heterocycles. The minimum Gasteiger partial charge on any atom is -0.295 e. The van der Waals surface area contributed by atoms with Crippen LogP contribution in [0, 0.1) is 18.3 Å². The van der Waals surface area contributed by atoms with Gasteiger partial charge in [0.05, 0.1) is 22.3 Å². The van der Waals surface area contributed by atoms with Crippen LogP contribution in [0.4, 0.5) is 0 Å². The van der Waals surface area contributed by atoms with Crippen LogP contribution in [-0.4, -0.2) is 9.55 Å². The molecule has 0 amide bonds. The SMILES string of the molecule is Cc1nc2ccccc2n1-c1cc(Br)ccc1C#N. The molecule has 1 aromatic heterocycles. The van der Waals surface area contributed by atoms with Gasteiger partial charge in [0.2, 0.25) is 0 Å². The van der Waals surface area contributed by atoms with Crippen LogP contribution in [0.5, 0.6) is 0 Å². The second-order valence-corrected chi connectivity index (χ2v) is 5.17. The Morgan fingerprint density at radius 3 is 2.79 bits per heavy atom. The minimum absolute atomic E-state index is 0.634. The average molecular weight is 312 g/mol. The molecule has 3 aromatic rings. The van der Waals surface area contributed by atoms with Crippen molar-refractivity contribution in [3.63, 3.8) is 0 Å². The molecule has 0 fully saturated rings. The molecule has 0 unspecified atom stereocenters. The van der Waals surface area contributed by atoms with Crippen molar-refractivity contribution in [1.82, 2.24) is 9.55 Å². The molecule has 3 rings (SSSR count). The number of imidazole rings is 1. The Morgan fingerprint density at radius 2 is 2.00 bits per heavy atom. The van der Waals surface area contributed by atoms with E-state index in [4.69, 9.17) is 0 Å². The summed E-state index contributed by atoms with van der Waals surface area (Å²) in [4.78, 5) is 4.53. The third-order valence-electron chi connectivity index (χ3n) is 3.05. The maximum absolute atomic E-state index is 9.27. The number of halogens is 1. The van der Waals surface area contributed by atoms with Gasteiger partial charge in [0.25, 0.3) is 0 Å². The van der Waals surface area contributed by atoms with Gasteiger partial charge in [0, 0.05) is 4.47 Å². The first-order valence-electron chi connectivity index (χ1n) is 5.85. The van der Waals surface area contributed by atoms with Crippen molar-refractivity contribution in [2.75, 3.05) is 0 Å². The number of hydrogen-bond donors (Lipinski definition) is 0. The van der Waals surface area contributed by atoms with Crippen molar-refractivity contribution < 1.29 is 0 Å². The summed E-state index contributed by atoms with van der Waals surface area (Å²) >= 11 is 3.46. The van der Waals surface area contributed by atoms with Crippen molar-refractivity contribution in [1.29, 1.82) is 5.26 Å². The van der Waals surface area contributed by atoms with Gasteiger partial charge >= 0.3 is 0 Å². The van der Waals surface area contributed by atoms with Gasteiger partial charge < -0.3 is 0 Å². The highest BCUT2D eigenvalue weighted by Gasteiger charge is 2.12. The lowest BCUT2D eigenvalue weighted by Crippen LogP contribution is -2.00. The van der Waals surface area contributed by atoms with E-state index in [-0.39, 0.29) is 0 Å². The van der Waals surface area contributed by atoms with E-state index in [9.17, 15) is 5.26 Å². The smallest absolute Gasteiger partial charge is 0.111 e. The Hall–Kier alpha value is -2.12. The largest absolute Gasteiger partial charge is 0.295 e. The van der Waals surface area contributed by atoms with Crippen LogP contribution in [0.1, 0.15) is 11.4 Å². The molecule has 2 aromatic carbocycles. The number of aryl methyl sites for hydroxylation is 1. The van der Waals surface area contributed by atoms with Crippen LogP contribution in [-0.2, 0) is 0 Å². The maximum atomic E-state index is 9.27. The summed E-state index contributed by atoms with van der Waals surface area (Å²) in [6, 6.07) is 15.8. The summed E-state index contributed by atoms with van der Waals surface area (Å²) in [5.41, 5.74) is 3.43. The van der Waals surface area contributed by atoms with Crippen LogP contribution in [0.15, 0.2) is 46.9 Å². The standard InChI is InChI=1S/C15H10BrN3/c1-10-18-13-4-2-3-5-14(13)19(10)15-8-12(16)7-6-11(15)9-17/h2-8H,1H3. The lowest BCUT2D eigenvalue weighted by molar-refractivity contribution is 0.996. The quantitative estimate of drug-likeness (QED) is 0.682. The molecule has 0 saturated carbocycles. The zero-order valence-electron chi connectivity index (χ0n) is 10.3. The van der Waals surface area contributed by atoms with Crippen LogP contribution < -0.4 is 0 Å². The fourth-order valence-electron chi connectivity index (χ4n) is 2.23. The van der Waals surface area contributed by atoms with Crippen molar-refractivity contribution in [2.24, 2.45) is 0 Å². The molecule has 0 aliphatic rings. The van der Waals surface area contributed by atoms with Crippen molar-refractivity contribution in [3.8, 4) is 11.8 Å². The number of fused-ring (bicyclic) bond motifs is 1. The van der Waals surface area contributed by atoms with Gasteiger partial charge in [-0.15, -0.1) is 0 Å². The van der Waals surface area contributed by atoms with Gasteiger partial charge in [0.15, 0.2) is 0 Å². The number of nitriles is 1. The van der Waals surface area contributed by atoms with E-state index in [1.807, 2.05) is 54.0 Å². The number of nitrogens with zero attached hydrogens (tertiary/aromatic N) is 3. The number of para-hydroxylation sites is 2. The molecule has 3 nitrogen and oxygen atoms in total. The Morgan fingerprint density at radius 1 is 1.21 bits per heavy atom. The van der Waals surface area contributed by atoms with Gasteiger partial charge in [-0.25, -0.2) is 4.98 Å². The van der Waals surface area contributed by atoms with E-state index >= 15 is 0 Å². The topological polar surface area (TPSA) is 41.6 Å². The second kappa shape index (κ2) is 4.52. The van der Waals surface area contributed by atoms with E-state index in [1.54, 1.807) is 0 Å². The van der Waals surface area contributed by atoms with Crippen molar-refractivity contribution in [2.45, 2.75) is 6.92 Å². The maximum Gasteiger partial charge on any atom is 0.111 e. The third kappa shape index (κ3) is 1.92. The highest BCUT2D eigenvalue weighted by molar-refractivity contribution is 9.10. The summed E-state index contributed by atoms with van der Waals surface area (Å²) in [6.07, 6.45) is 0. The highest BCUT2D eigenvalue weighted by atomic mass is 79.9. The molecule has 19 heavy (non-hydrogen) atoms. The van der Waals surface area contributed by atoms with E-state index in [0.717, 1.165) is 27.0 Å². The first kappa shape index (κ1) is 11.9. The molecule has 0 aliphatic carbocycles. The highest BCUT2D eigenvalue weighted by Crippen LogP contribution is 2.26. The van der Waals surface area contributed by atoms with Gasteiger partial charge in [-0.05, 0) is 37.3 Å². The van der Waals surface area contributed by atoms with E-state index in [2.05, 4.69) is 27.0 Å². The molecule has 0 bridgehead atoms. The molecule has 4 heteroatoms. The Balaban J connectivity index is 2.40. The molecule has 0 saturated heterocycles. The fraction of sp³-hybridized carbons (Fsp3) is 0.0667. The van der Waals surface area contributed by atoms with E-state index in [1.165, 1.54) is 0 Å². The lowest BCUT2D eigenvalue weighted by atomic mass is 10.2. The molecule has 0 spiro atoms.